The summed E-state index contributed by atoms with van der Waals surface area (Å²) in [6, 6.07) is 18.1. The number of halogens is 1. The molecule has 1 amide bonds. The lowest BCUT2D eigenvalue weighted by Gasteiger charge is -2.10. The number of anilines is 2. The van der Waals surface area contributed by atoms with E-state index in [1.165, 1.54) is 42.5 Å². The molecule has 0 saturated heterocycles. The third kappa shape index (κ3) is 6.42. The van der Waals surface area contributed by atoms with Crippen molar-refractivity contribution in [2.45, 2.75) is 11.8 Å². The van der Waals surface area contributed by atoms with Crippen LogP contribution < -0.4 is 14.8 Å². The Morgan fingerprint density at radius 2 is 1.55 bits per heavy atom. The van der Waals surface area contributed by atoms with Crippen LogP contribution in [-0.2, 0) is 14.8 Å². The van der Waals surface area contributed by atoms with Gasteiger partial charge in [-0.05, 0) is 79.2 Å². The Kier molecular flexibility index (Phi) is 7.04. The van der Waals surface area contributed by atoms with E-state index in [4.69, 9.17) is 4.74 Å². The van der Waals surface area contributed by atoms with Crippen molar-refractivity contribution in [3.8, 4) is 5.75 Å². The zero-order chi connectivity index (χ0) is 22.3. The first-order valence-corrected chi connectivity index (χ1v) is 10.9. The minimum absolute atomic E-state index is 0.0567. The van der Waals surface area contributed by atoms with Crippen LogP contribution in [0.15, 0.2) is 83.8 Å². The van der Waals surface area contributed by atoms with Crippen molar-refractivity contribution in [2.24, 2.45) is 0 Å². The Morgan fingerprint density at radius 1 is 0.935 bits per heavy atom. The first kappa shape index (κ1) is 22.0. The topological polar surface area (TPSA) is 84.5 Å². The molecule has 0 bridgehead atoms. The van der Waals surface area contributed by atoms with Gasteiger partial charge in [0.1, 0.15) is 11.6 Å². The second-order valence-corrected chi connectivity index (χ2v) is 8.14. The number of benzene rings is 3. The highest BCUT2D eigenvalue weighted by Gasteiger charge is 2.14. The molecule has 0 aliphatic carbocycles. The van der Waals surface area contributed by atoms with E-state index in [2.05, 4.69) is 10.0 Å². The largest absolute Gasteiger partial charge is 0.494 e. The molecule has 6 nitrogen and oxygen atoms in total. The van der Waals surface area contributed by atoms with E-state index in [1.807, 2.05) is 6.92 Å². The van der Waals surface area contributed by atoms with Crippen LogP contribution in [0.2, 0.25) is 0 Å². The number of hydrogen-bond donors (Lipinski definition) is 2. The van der Waals surface area contributed by atoms with Crippen LogP contribution in [0.4, 0.5) is 15.8 Å². The SMILES string of the molecule is CCOc1ccc(NS(=O)(=O)c2ccc(NC(=O)/C=C/c3ccc(F)cc3)cc2)cc1. The van der Waals surface area contributed by atoms with Gasteiger partial charge in [0.2, 0.25) is 5.91 Å². The Balaban J connectivity index is 1.61. The first-order chi connectivity index (χ1) is 14.9. The van der Waals surface area contributed by atoms with Crippen molar-refractivity contribution in [2.75, 3.05) is 16.6 Å². The number of carbonyl (C=O) groups excluding carboxylic acids is 1. The third-order valence-corrected chi connectivity index (χ3v) is 5.54. The minimum Gasteiger partial charge on any atom is -0.494 e. The number of sulfonamides is 1. The predicted octanol–water partition coefficient (Wildman–Crippen LogP) is 4.68. The van der Waals surface area contributed by atoms with Crippen molar-refractivity contribution in [3.05, 3.63) is 90.3 Å². The molecule has 3 aromatic rings. The normalized spacial score (nSPS) is 11.3. The van der Waals surface area contributed by atoms with Crippen LogP contribution in [0.25, 0.3) is 6.08 Å². The minimum atomic E-state index is -3.78. The average molecular weight is 440 g/mol. The van der Waals surface area contributed by atoms with E-state index in [0.717, 1.165) is 0 Å². The highest BCUT2D eigenvalue weighted by Crippen LogP contribution is 2.21. The van der Waals surface area contributed by atoms with Gasteiger partial charge in [0.15, 0.2) is 0 Å². The summed E-state index contributed by atoms with van der Waals surface area (Å²) in [4.78, 5) is 12.1. The van der Waals surface area contributed by atoms with E-state index in [0.29, 0.717) is 29.3 Å². The van der Waals surface area contributed by atoms with E-state index < -0.39 is 15.9 Å². The van der Waals surface area contributed by atoms with Crippen molar-refractivity contribution >= 4 is 33.4 Å². The molecular formula is C23H21FN2O4S. The number of hydrogen-bond acceptors (Lipinski definition) is 4. The van der Waals surface area contributed by atoms with Gasteiger partial charge in [0.25, 0.3) is 10.0 Å². The molecule has 0 fully saturated rings. The monoisotopic (exact) mass is 440 g/mol. The van der Waals surface area contributed by atoms with Crippen LogP contribution in [0.1, 0.15) is 12.5 Å². The van der Waals surface area contributed by atoms with E-state index in [9.17, 15) is 17.6 Å². The van der Waals surface area contributed by atoms with Crippen LogP contribution >= 0.6 is 0 Å². The number of nitrogens with one attached hydrogen (secondary N) is 2. The molecule has 0 aliphatic rings. The number of rotatable bonds is 8. The van der Waals surface area contributed by atoms with Crippen LogP contribution in [0, 0.1) is 5.82 Å². The number of amides is 1. The molecule has 160 valence electrons. The summed E-state index contributed by atoms with van der Waals surface area (Å²) >= 11 is 0. The van der Waals surface area contributed by atoms with Crippen molar-refractivity contribution in [1.82, 2.24) is 0 Å². The fourth-order valence-corrected chi connectivity index (χ4v) is 3.71. The van der Waals surface area contributed by atoms with Gasteiger partial charge in [-0.2, -0.15) is 0 Å². The molecule has 2 N–H and O–H groups in total. The first-order valence-electron chi connectivity index (χ1n) is 9.46. The lowest BCUT2D eigenvalue weighted by atomic mass is 10.2. The summed E-state index contributed by atoms with van der Waals surface area (Å²) in [6.07, 6.45) is 2.86. The van der Waals surface area contributed by atoms with E-state index in [1.54, 1.807) is 42.5 Å². The Bertz CT molecular complexity index is 1160. The molecular weight excluding hydrogens is 419 g/mol. The smallest absolute Gasteiger partial charge is 0.261 e. The van der Waals surface area contributed by atoms with Gasteiger partial charge in [-0.25, -0.2) is 12.8 Å². The summed E-state index contributed by atoms with van der Waals surface area (Å²) < 4.78 is 45.9. The Hall–Kier alpha value is -3.65. The van der Waals surface area contributed by atoms with Gasteiger partial charge in [0.05, 0.1) is 11.5 Å². The third-order valence-electron chi connectivity index (χ3n) is 4.15. The second-order valence-electron chi connectivity index (χ2n) is 6.46. The summed E-state index contributed by atoms with van der Waals surface area (Å²) in [5.41, 5.74) is 1.53. The molecule has 0 heterocycles. The molecule has 0 saturated carbocycles. The second kappa shape index (κ2) is 9.90. The number of carbonyl (C=O) groups is 1. The Labute approximate surface area is 180 Å². The zero-order valence-electron chi connectivity index (χ0n) is 16.7. The van der Waals surface area contributed by atoms with E-state index >= 15 is 0 Å². The predicted molar refractivity (Wildman–Crippen MR) is 119 cm³/mol. The van der Waals surface area contributed by atoms with Gasteiger partial charge in [-0.15, -0.1) is 0 Å². The molecule has 3 rings (SSSR count). The average Bonchev–Trinajstić information content (AvgIpc) is 2.75. The molecule has 8 heteroatoms. The van der Waals surface area contributed by atoms with E-state index in [-0.39, 0.29) is 10.7 Å². The van der Waals surface area contributed by atoms with Crippen LogP contribution in [-0.4, -0.2) is 20.9 Å². The molecule has 0 unspecified atom stereocenters. The molecule has 0 atom stereocenters. The standard InChI is InChI=1S/C23H21FN2O4S/c1-2-30-21-12-8-20(9-13-21)26-31(28,29)22-14-10-19(11-15-22)25-23(27)16-5-17-3-6-18(24)7-4-17/h3-16,26H,2H2,1H3,(H,25,27)/b16-5+. The lowest BCUT2D eigenvalue weighted by molar-refractivity contribution is -0.111. The van der Waals surface area contributed by atoms with Gasteiger partial charge in [-0.3, -0.25) is 9.52 Å². The fourth-order valence-electron chi connectivity index (χ4n) is 2.65. The van der Waals surface area contributed by atoms with Crippen LogP contribution in [0.3, 0.4) is 0 Å². The summed E-state index contributed by atoms with van der Waals surface area (Å²) in [5.74, 6) is -0.0971. The van der Waals surface area contributed by atoms with Crippen LogP contribution in [0.5, 0.6) is 5.75 Å². The lowest BCUT2D eigenvalue weighted by Crippen LogP contribution is -2.13. The summed E-state index contributed by atoms with van der Waals surface area (Å²) in [6.45, 7) is 2.39. The molecule has 0 spiro atoms. The number of ether oxygens (including phenoxy) is 1. The molecule has 0 aromatic heterocycles. The fraction of sp³-hybridized carbons (Fsp3) is 0.0870. The molecule has 31 heavy (non-hydrogen) atoms. The van der Waals surface area contributed by atoms with Gasteiger partial charge in [-0.1, -0.05) is 12.1 Å². The molecule has 3 aromatic carbocycles. The molecule has 0 radical (unpaired) electrons. The quantitative estimate of drug-likeness (QED) is 0.498. The maximum Gasteiger partial charge on any atom is 0.261 e. The van der Waals surface area contributed by atoms with Gasteiger partial charge in [0, 0.05) is 17.5 Å². The maximum atomic E-state index is 12.9. The Morgan fingerprint density at radius 3 is 2.16 bits per heavy atom. The molecule has 0 aliphatic heterocycles. The highest BCUT2D eigenvalue weighted by molar-refractivity contribution is 7.92. The van der Waals surface area contributed by atoms with Crippen molar-refractivity contribution in [1.29, 1.82) is 0 Å². The van der Waals surface area contributed by atoms with Gasteiger partial charge < -0.3 is 10.1 Å². The maximum absolute atomic E-state index is 12.9. The van der Waals surface area contributed by atoms with Gasteiger partial charge >= 0.3 is 0 Å². The zero-order valence-corrected chi connectivity index (χ0v) is 17.5. The summed E-state index contributed by atoms with van der Waals surface area (Å²) in [7, 11) is -3.78. The summed E-state index contributed by atoms with van der Waals surface area (Å²) in [5, 5.41) is 2.64. The highest BCUT2D eigenvalue weighted by atomic mass is 32.2. The van der Waals surface area contributed by atoms with Crippen molar-refractivity contribution < 1.29 is 22.3 Å². The van der Waals surface area contributed by atoms with Crippen molar-refractivity contribution in [3.63, 3.8) is 0 Å².